The maximum Gasteiger partial charge on any atom is 0.242 e. The van der Waals surface area contributed by atoms with E-state index in [0.717, 1.165) is 48.1 Å². The van der Waals surface area contributed by atoms with Gasteiger partial charge in [-0.2, -0.15) is 0 Å². The fourth-order valence-corrected chi connectivity index (χ4v) is 4.93. The molecular formula is C24H31FN2O2S. The van der Waals surface area contributed by atoms with E-state index >= 15 is 0 Å². The third kappa shape index (κ3) is 5.91. The molecule has 0 radical (unpaired) electrons. The van der Waals surface area contributed by atoms with Crippen molar-refractivity contribution in [3.63, 3.8) is 0 Å². The van der Waals surface area contributed by atoms with E-state index in [-0.39, 0.29) is 30.1 Å². The molecule has 0 atom stereocenters. The van der Waals surface area contributed by atoms with E-state index in [1.165, 1.54) is 12.1 Å². The minimum atomic E-state index is -0.290. The highest BCUT2D eigenvalue weighted by Crippen LogP contribution is 2.27. The molecule has 2 aromatic rings. The van der Waals surface area contributed by atoms with Crippen LogP contribution >= 0.6 is 11.3 Å². The molecule has 3 rings (SSSR count). The van der Waals surface area contributed by atoms with E-state index < -0.39 is 0 Å². The molecule has 1 heterocycles. The largest absolute Gasteiger partial charge is 0.333 e. The molecule has 162 valence electrons. The molecule has 1 fully saturated rings. The van der Waals surface area contributed by atoms with Gasteiger partial charge >= 0.3 is 0 Å². The fraction of sp³-hybridized carbons (Fsp3) is 0.500. The number of thiophene rings is 1. The summed E-state index contributed by atoms with van der Waals surface area (Å²) in [7, 11) is 0. The van der Waals surface area contributed by atoms with Crippen molar-refractivity contribution in [2.45, 2.75) is 59.0 Å². The highest BCUT2D eigenvalue weighted by molar-refractivity contribution is 7.10. The molecule has 0 aliphatic heterocycles. The van der Waals surface area contributed by atoms with Crippen LogP contribution in [-0.2, 0) is 22.7 Å². The molecule has 1 aromatic heterocycles. The molecule has 1 aliphatic carbocycles. The lowest BCUT2D eigenvalue weighted by Crippen LogP contribution is -2.44. The lowest BCUT2D eigenvalue weighted by atomic mass is 10.1. The molecule has 6 heteroatoms. The molecule has 2 amide bonds. The van der Waals surface area contributed by atoms with Crippen molar-refractivity contribution in [3.05, 3.63) is 57.5 Å². The summed E-state index contributed by atoms with van der Waals surface area (Å²) in [4.78, 5) is 31.0. The predicted molar refractivity (Wildman–Crippen MR) is 119 cm³/mol. The predicted octanol–water partition coefficient (Wildman–Crippen LogP) is 5.15. The average Bonchev–Trinajstić information content (AvgIpc) is 3.40. The molecule has 1 saturated carbocycles. The van der Waals surface area contributed by atoms with Crippen molar-refractivity contribution in [1.29, 1.82) is 0 Å². The van der Waals surface area contributed by atoms with Crippen molar-refractivity contribution in [2.24, 2.45) is 5.92 Å². The van der Waals surface area contributed by atoms with Gasteiger partial charge in [0.25, 0.3) is 0 Å². The summed E-state index contributed by atoms with van der Waals surface area (Å²) >= 11 is 1.63. The van der Waals surface area contributed by atoms with Crippen molar-refractivity contribution in [2.75, 3.05) is 13.1 Å². The smallest absolute Gasteiger partial charge is 0.242 e. The van der Waals surface area contributed by atoms with Gasteiger partial charge in [-0.25, -0.2) is 4.39 Å². The van der Waals surface area contributed by atoms with Gasteiger partial charge in [-0.1, -0.05) is 31.9 Å². The summed E-state index contributed by atoms with van der Waals surface area (Å²) in [6, 6.07) is 8.31. The summed E-state index contributed by atoms with van der Waals surface area (Å²) in [5, 5.41) is 2.03. The number of carbonyl (C=O) groups is 2. The van der Waals surface area contributed by atoms with Crippen molar-refractivity contribution < 1.29 is 14.0 Å². The lowest BCUT2D eigenvalue weighted by molar-refractivity contribution is -0.143. The van der Waals surface area contributed by atoms with Gasteiger partial charge in [-0.15, -0.1) is 11.3 Å². The summed E-state index contributed by atoms with van der Waals surface area (Å²) in [5.41, 5.74) is 2.03. The molecule has 1 aliphatic rings. The van der Waals surface area contributed by atoms with Crippen LogP contribution < -0.4 is 0 Å². The number of amides is 2. The SMILES string of the molecule is CCCN(CC(=O)N(Cc1ccc(F)cc1)Cc1sccc1C)C(=O)C1CCCC1. The van der Waals surface area contributed by atoms with Crippen molar-refractivity contribution in [1.82, 2.24) is 9.80 Å². The van der Waals surface area contributed by atoms with Gasteiger partial charge in [0.2, 0.25) is 11.8 Å². The number of hydrogen-bond donors (Lipinski definition) is 0. The number of nitrogens with zero attached hydrogens (tertiary/aromatic N) is 2. The van der Waals surface area contributed by atoms with Crippen LogP contribution in [0.25, 0.3) is 0 Å². The third-order valence-corrected chi connectivity index (χ3v) is 6.79. The van der Waals surface area contributed by atoms with Crippen molar-refractivity contribution >= 4 is 23.2 Å². The molecule has 30 heavy (non-hydrogen) atoms. The van der Waals surface area contributed by atoms with Gasteiger partial charge in [-0.05, 0) is 60.9 Å². The highest BCUT2D eigenvalue weighted by atomic mass is 32.1. The maximum absolute atomic E-state index is 13.3. The average molecular weight is 431 g/mol. The first kappa shape index (κ1) is 22.5. The summed E-state index contributed by atoms with van der Waals surface area (Å²) in [6.45, 7) is 5.67. The van der Waals surface area contributed by atoms with Gasteiger partial charge < -0.3 is 9.80 Å². The minimum Gasteiger partial charge on any atom is -0.333 e. The Morgan fingerprint density at radius 1 is 1.07 bits per heavy atom. The van der Waals surface area contributed by atoms with Crippen LogP contribution in [0.4, 0.5) is 4.39 Å². The Hall–Kier alpha value is -2.21. The molecule has 4 nitrogen and oxygen atoms in total. The zero-order valence-electron chi connectivity index (χ0n) is 17.9. The van der Waals surface area contributed by atoms with Crippen LogP contribution in [0, 0.1) is 18.7 Å². The van der Waals surface area contributed by atoms with E-state index in [4.69, 9.17) is 0 Å². The molecule has 0 spiro atoms. The van der Waals surface area contributed by atoms with E-state index in [0.29, 0.717) is 19.6 Å². The molecule has 0 unspecified atom stereocenters. The second-order valence-corrected chi connectivity index (χ2v) is 9.14. The first-order valence-electron chi connectivity index (χ1n) is 10.8. The lowest BCUT2D eigenvalue weighted by Gasteiger charge is -2.29. The van der Waals surface area contributed by atoms with Crippen LogP contribution in [0.1, 0.15) is 55.0 Å². The van der Waals surface area contributed by atoms with Gasteiger partial charge in [0.05, 0.1) is 13.1 Å². The Morgan fingerprint density at radius 3 is 2.37 bits per heavy atom. The number of benzene rings is 1. The van der Waals surface area contributed by atoms with E-state index in [2.05, 4.69) is 0 Å². The third-order valence-electron chi connectivity index (χ3n) is 5.78. The van der Waals surface area contributed by atoms with Crippen LogP contribution in [0.2, 0.25) is 0 Å². The Morgan fingerprint density at radius 2 is 1.77 bits per heavy atom. The molecule has 0 bridgehead atoms. The quantitative estimate of drug-likeness (QED) is 0.552. The molecule has 0 N–H and O–H groups in total. The number of rotatable bonds is 9. The summed E-state index contributed by atoms with van der Waals surface area (Å²) in [5.74, 6) is -0.167. The van der Waals surface area contributed by atoms with Gasteiger partial charge in [-0.3, -0.25) is 9.59 Å². The topological polar surface area (TPSA) is 40.6 Å². The van der Waals surface area contributed by atoms with Crippen LogP contribution in [-0.4, -0.2) is 34.7 Å². The van der Waals surface area contributed by atoms with E-state index in [1.54, 1.807) is 33.3 Å². The Kier molecular flexibility index (Phi) is 8.02. The number of aryl methyl sites for hydroxylation is 1. The molecule has 1 aromatic carbocycles. The second-order valence-electron chi connectivity index (χ2n) is 8.14. The Labute approximate surface area is 182 Å². The van der Waals surface area contributed by atoms with Gasteiger partial charge in [0.1, 0.15) is 5.82 Å². The fourth-order valence-electron chi connectivity index (χ4n) is 4.01. The number of hydrogen-bond acceptors (Lipinski definition) is 3. The number of halogens is 1. The van der Waals surface area contributed by atoms with Crippen LogP contribution in [0.5, 0.6) is 0 Å². The first-order valence-corrected chi connectivity index (χ1v) is 11.7. The Bertz CT molecular complexity index is 843. The first-order chi connectivity index (χ1) is 14.5. The standard InChI is InChI=1S/C24H31FN2O2S/c1-3-13-26(24(29)20-6-4-5-7-20)17-23(28)27(16-22-18(2)12-14-30-22)15-19-8-10-21(25)11-9-19/h8-12,14,20H,3-7,13,15-17H2,1-2H3. The van der Waals surface area contributed by atoms with E-state index in [1.807, 2.05) is 25.3 Å². The van der Waals surface area contributed by atoms with E-state index in [9.17, 15) is 14.0 Å². The highest BCUT2D eigenvalue weighted by Gasteiger charge is 2.29. The van der Waals surface area contributed by atoms with Crippen LogP contribution in [0.3, 0.4) is 0 Å². The van der Waals surface area contributed by atoms with Gasteiger partial charge in [0.15, 0.2) is 0 Å². The maximum atomic E-state index is 13.3. The zero-order chi connectivity index (χ0) is 21.5. The van der Waals surface area contributed by atoms with Crippen molar-refractivity contribution in [3.8, 4) is 0 Å². The van der Waals surface area contributed by atoms with Crippen LogP contribution in [0.15, 0.2) is 35.7 Å². The molecule has 0 saturated heterocycles. The minimum absolute atomic E-state index is 0.0630. The second kappa shape index (κ2) is 10.7. The summed E-state index contributed by atoms with van der Waals surface area (Å²) in [6.07, 6.45) is 4.88. The van der Waals surface area contributed by atoms with Gasteiger partial charge in [0, 0.05) is 23.9 Å². The molecular weight excluding hydrogens is 399 g/mol. The monoisotopic (exact) mass is 430 g/mol. The summed E-state index contributed by atoms with van der Waals surface area (Å²) < 4.78 is 13.3. The Balaban J connectivity index is 1.75. The normalized spacial score (nSPS) is 14.1. The zero-order valence-corrected chi connectivity index (χ0v) is 18.7. The number of carbonyl (C=O) groups excluding carboxylic acids is 2.